The Labute approximate surface area is 168 Å². The predicted octanol–water partition coefficient (Wildman–Crippen LogP) is 1.68. The third kappa shape index (κ3) is 5.91. The topological polar surface area (TPSA) is 65.0 Å². The van der Waals surface area contributed by atoms with Crippen molar-refractivity contribution in [1.29, 1.82) is 0 Å². The number of rotatable bonds is 4. The van der Waals surface area contributed by atoms with E-state index in [0.29, 0.717) is 24.3 Å². The molecule has 2 heterocycles. The normalized spacial score (nSPS) is 26.5. The molecule has 0 radical (unpaired) electrons. The molecule has 9 heteroatoms. The van der Waals surface area contributed by atoms with Crippen LogP contribution in [0.15, 0.2) is 4.99 Å². The molecule has 0 aromatic carbocycles. The second-order valence-corrected chi connectivity index (χ2v) is 9.98. The highest BCUT2D eigenvalue weighted by atomic mass is 127. The maximum Gasteiger partial charge on any atom is 0.211 e. The molecule has 1 N–H and O–H groups in total. The van der Waals surface area contributed by atoms with Gasteiger partial charge in [0.1, 0.15) is 0 Å². The molecule has 0 aromatic rings. The summed E-state index contributed by atoms with van der Waals surface area (Å²) in [5.41, 5.74) is 0. The van der Waals surface area contributed by atoms with Crippen LogP contribution >= 0.6 is 35.7 Å². The third-order valence-corrected chi connectivity index (χ3v) is 7.47. The van der Waals surface area contributed by atoms with Crippen molar-refractivity contribution in [2.75, 3.05) is 45.2 Å². The van der Waals surface area contributed by atoms with E-state index in [0.717, 1.165) is 37.6 Å². The summed E-state index contributed by atoms with van der Waals surface area (Å²) < 4.78 is 25.3. The number of thioether (sulfide) groups is 1. The van der Waals surface area contributed by atoms with Crippen molar-refractivity contribution in [2.45, 2.75) is 38.0 Å². The summed E-state index contributed by atoms with van der Waals surface area (Å²) in [6.45, 7) is 7.80. The monoisotopic (exact) mass is 490 g/mol. The van der Waals surface area contributed by atoms with E-state index in [4.69, 9.17) is 0 Å². The van der Waals surface area contributed by atoms with Crippen LogP contribution in [0.4, 0.5) is 0 Å². The van der Waals surface area contributed by atoms with Crippen molar-refractivity contribution in [1.82, 2.24) is 14.5 Å². The predicted molar refractivity (Wildman–Crippen MR) is 114 cm³/mol. The quantitative estimate of drug-likeness (QED) is 0.369. The van der Waals surface area contributed by atoms with Crippen LogP contribution in [-0.2, 0) is 10.0 Å². The van der Waals surface area contributed by atoms with Crippen LogP contribution in [0.25, 0.3) is 0 Å². The average molecular weight is 490 g/mol. The van der Waals surface area contributed by atoms with Crippen LogP contribution in [0, 0.1) is 5.92 Å². The van der Waals surface area contributed by atoms with Crippen molar-refractivity contribution in [3.63, 3.8) is 0 Å². The lowest BCUT2D eigenvalue weighted by atomic mass is 10.1. The molecule has 0 bridgehead atoms. The summed E-state index contributed by atoms with van der Waals surface area (Å²) >= 11 is 2.04. The number of sulfonamides is 1. The first-order valence-corrected chi connectivity index (χ1v) is 11.3. The van der Waals surface area contributed by atoms with Crippen LogP contribution < -0.4 is 5.32 Å². The van der Waals surface area contributed by atoms with Crippen molar-refractivity contribution in [2.24, 2.45) is 10.9 Å². The SMILES string of the molecule is CN=C(NC[C@H]1CCCN1S(C)(=O)=O)N1CCSC(C(C)C)C1.I. The molecule has 0 amide bonds. The maximum atomic E-state index is 11.8. The maximum absolute atomic E-state index is 11.8. The number of hydrogen-bond donors (Lipinski definition) is 1. The Balaban J connectivity index is 0.00000288. The molecule has 0 spiro atoms. The average Bonchev–Trinajstić information content (AvgIpc) is 2.97. The van der Waals surface area contributed by atoms with Crippen LogP contribution in [0.2, 0.25) is 0 Å². The van der Waals surface area contributed by atoms with Gasteiger partial charge in [0.15, 0.2) is 5.96 Å². The van der Waals surface area contributed by atoms with Crippen LogP contribution in [0.1, 0.15) is 26.7 Å². The van der Waals surface area contributed by atoms with Gasteiger partial charge in [-0.3, -0.25) is 4.99 Å². The number of hydrogen-bond acceptors (Lipinski definition) is 4. The number of halogens is 1. The summed E-state index contributed by atoms with van der Waals surface area (Å²) in [6, 6.07) is 0.0433. The van der Waals surface area contributed by atoms with Gasteiger partial charge in [0.05, 0.1) is 6.26 Å². The summed E-state index contributed by atoms with van der Waals surface area (Å²) in [7, 11) is -1.31. The van der Waals surface area contributed by atoms with Gasteiger partial charge in [0.2, 0.25) is 10.0 Å². The largest absolute Gasteiger partial charge is 0.355 e. The number of nitrogens with one attached hydrogen (secondary N) is 1. The molecule has 2 aliphatic rings. The highest BCUT2D eigenvalue weighted by Crippen LogP contribution is 2.25. The highest BCUT2D eigenvalue weighted by molar-refractivity contribution is 14.0. The second-order valence-electron chi connectivity index (χ2n) is 6.70. The Hall–Kier alpha value is 0.260. The van der Waals surface area contributed by atoms with Gasteiger partial charge < -0.3 is 10.2 Å². The lowest BCUT2D eigenvalue weighted by molar-refractivity contribution is 0.361. The molecule has 24 heavy (non-hydrogen) atoms. The van der Waals surface area contributed by atoms with E-state index in [1.807, 2.05) is 11.8 Å². The second kappa shape index (κ2) is 9.82. The minimum Gasteiger partial charge on any atom is -0.355 e. The van der Waals surface area contributed by atoms with E-state index in [2.05, 4.69) is 29.1 Å². The Morgan fingerprint density at radius 2 is 2.08 bits per heavy atom. The standard InChI is InChI=1S/C15H30N4O2S2.HI/c1-12(2)14-11-18(8-9-22-14)15(16-3)17-10-13-6-5-7-19(13)23(4,20)21;/h12-14H,5-11H2,1-4H3,(H,16,17);1H/t13-,14?;/m1./s1. The fourth-order valence-electron chi connectivity index (χ4n) is 3.26. The summed E-state index contributed by atoms with van der Waals surface area (Å²) in [5.74, 6) is 2.66. The van der Waals surface area contributed by atoms with Gasteiger partial charge in [0.25, 0.3) is 0 Å². The molecule has 142 valence electrons. The Kier molecular flexibility index (Phi) is 9.12. The Morgan fingerprint density at radius 3 is 2.67 bits per heavy atom. The van der Waals surface area contributed by atoms with Gasteiger partial charge in [-0.1, -0.05) is 13.8 Å². The summed E-state index contributed by atoms with van der Waals surface area (Å²) in [4.78, 5) is 6.71. The fourth-order valence-corrected chi connectivity index (χ4v) is 5.74. The Bertz CT molecular complexity index is 528. The number of nitrogens with zero attached hydrogens (tertiary/aromatic N) is 3. The molecule has 0 aliphatic carbocycles. The van der Waals surface area contributed by atoms with Crippen molar-refractivity contribution in [3.05, 3.63) is 0 Å². The molecule has 6 nitrogen and oxygen atoms in total. The van der Waals surface area contributed by atoms with E-state index < -0.39 is 10.0 Å². The minimum atomic E-state index is -3.11. The lowest BCUT2D eigenvalue weighted by Gasteiger charge is -2.36. The molecule has 1 unspecified atom stereocenters. The Morgan fingerprint density at radius 1 is 1.38 bits per heavy atom. The molecule has 2 saturated heterocycles. The molecule has 2 atom stereocenters. The first-order valence-electron chi connectivity index (χ1n) is 8.37. The van der Waals surface area contributed by atoms with E-state index in [9.17, 15) is 8.42 Å². The van der Waals surface area contributed by atoms with E-state index >= 15 is 0 Å². The summed E-state index contributed by atoms with van der Waals surface area (Å²) in [6.07, 6.45) is 3.16. The molecule has 2 aliphatic heterocycles. The molecule has 2 rings (SSSR count). The molecule has 0 aromatic heterocycles. The highest BCUT2D eigenvalue weighted by Gasteiger charge is 2.32. The van der Waals surface area contributed by atoms with Crippen LogP contribution in [0.5, 0.6) is 0 Å². The van der Waals surface area contributed by atoms with Gasteiger partial charge in [0, 0.05) is 50.3 Å². The first kappa shape index (κ1) is 22.3. The third-order valence-electron chi connectivity index (χ3n) is 4.59. The van der Waals surface area contributed by atoms with Crippen LogP contribution in [0.3, 0.4) is 0 Å². The molecule has 2 fully saturated rings. The number of guanidine groups is 1. The van der Waals surface area contributed by atoms with Gasteiger partial charge in [-0.15, -0.1) is 24.0 Å². The van der Waals surface area contributed by atoms with Gasteiger partial charge >= 0.3 is 0 Å². The fraction of sp³-hybridized carbons (Fsp3) is 0.933. The van der Waals surface area contributed by atoms with Crippen molar-refractivity contribution < 1.29 is 8.42 Å². The van der Waals surface area contributed by atoms with E-state index in [-0.39, 0.29) is 30.0 Å². The molecule has 0 saturated carbocycles. The smallest absolute Gasteiger partial charge is 0.211 e. The van der Waals surface area contributed by atoms with Crippen LogP contribution in [-0.4, -0.2) is 80.1 Å². The van der Waals surface area contributed by atoms with E-state index in [1.165, 1.54) is 6.26 Å². The zero-order valence-corrected chi connectivity index (χ0v) is 19.0. The van der Waals surface area contributed by atoms with Gasteiger partial charge in [-0.05, 0) is 18.8 Å². The summed E-state index contributed by atoms with van der Waals surface area (Å²) in [5, 5.41) is 4.03. The van der Waals surface area contributed by atoms with Gasteiger partial charge in [-0.2, -0.15) is 16.1 Å². The van der Waals surface area contributed by atoms with Crippen molar-refractivity contribution >= 4 is 51.7 Å². The van der Waals surface area contributed by atoms with Gasteiger partial charge in [-0.25, -0.2) is 8.42 Å². The molecular weight excluding hydrogens is 459 g/mol. The zero-order valence-electron chi connectivity index (χ0n) is 15.1. The number of aliphatic imine (C=N–C) groups is 1. The first-order chi connectivity index (χ1) is 10.8. The molecular formula is C15H31IN4O2S2. The van der Waals surface area contributed by atoms with E-state index in [1.54, 1.807) is 11.4 Å². The minimum absolute atomic E-state index is 0. The van der Waals surface area contributed by atoms with Crippen molar-refractivity contribution in [3.8, 4) is 0 Å². The zero-order chi connectivity index (χ0) is 17.0. The lowest BCUT2D eigenvalue weighted by Crippen LogP contribution is -2.51.